The SMILES string of the molecule is CCOc1cc(C2=NN(Cc3ccc(NC(=O)c4ncccn4)cc3)C(=O)SC2CC)ccc1OC. The number of hydrogen-bond donors (Lipinski definition) is 1. The van der Waals surface area contributed by atoms with E-state index in [1.54, 1.807) is 25.3 Å². The van der Waals surface area contributed by atoms with Gasteiger partial charge in [-0.2, -0.15) is 5.10 Å². The van der Waals surface area contributed by atoms with Gasteiger partial charge in [-0.15, -0.1) is 0 Å². The highest BCUT2D eigenvalue weighted by Gasteiger charge is 2.30. The second-order valence-electron chi connectivity index (χ2n) is 7.85. The molecule has 9 nitrogen and oxygen atoms in total. The summed E-state index contributed by atoms with van der Waals surface area (Å²) in [7, 11) is 1.60. The fourth-order valence-corrected chi connectivity index (χ4v) is 4.60. The van der Waals surface area contributed by atoms with Gasteiger partial charge < -0.3 is 14.8 Å². The maximum atomic E-state index is 12.9. The van der Waals surface area contributed by atoms with Crippen LogP contribution in [0.1, 0.15) is 42.0 Å². The van der Waals surface area contributed by atoms with Crippen LogP contribution in [-0.4, -0.2) is 50.8 Å². The molecule has 2 heterocycles. The lowest BCUT2D eigenvalue weighted by Gasteiger charge is -2.28. The Hall–Kier alpha value is -3.92. The minimum absolute atomic E-state index is 0.0607. The molecular weight excluding hydrogens is 478 g/mol. The summed E-state index contributed by atoms with van der Waals surface area (Å²) in [4.78, 5) is 33.0. The van der Waals surface area contributed by atoms with Crippen LogP contribution in [0.5, 0.6) is 11.5 Å². The number of aromatic nitrogens is 2. The summed E-state index contributed by atoms with van der Waals surface area (Å²) in [6.07, 6.45) is 3.79. The van der Waals surface area contributed by atoms with Crippen molar-refractivity contribution in [3.8, 4) is 11.5 Å². The molecule has 1 N–H and O–H groups in total. The van der Waals surface area contributed by atoms with Crippen molar-refractivity contribution in [1.82, 2.24) is 15.0 Å². The van der Waals surface area contributed by atoms with E-state index in [1.165, 1.54) is 29.2 Å². The maximum Gasteiger partial charge on any atom is 0.302 e. The molecular formula is C26H27N5O4S. The maximum absolute atomic E-state index is 12.9. The number of rotatable bonds is 9. The minimum atomic E-state index is -0.392. The second-order valence-corrected chi connectivity index (χ2v) is 9.00. The van der Waals surface area contributed by atoms with E-state index >= 15 is 0 Å². The zero-order valence-corrected chi connectivity index (χ0v) is 21.1. The average Bonchev–Trinajstić information content (AvgIpc) is 2.91. The van der Waals surface area contributed by atoms with Crippen LogP contribution in [0.3, 0.4) is 0 Å². The largest absolute Gasteiger partial charge is 0.493 e. The smallest absolute Gasteiger partial charge is 0.302 e. The normalized spacial score (nSPS) is 15.3. The molecule has 0 saturated carbocycles. The molecule has 1 aliphatic heterocycles. The molecule has 1 aromatic heterocycles. The van der Waals surface area contributed by atoms with Gasteiger partial charge in [-0.1, -0.05) is 30.8 Å². The summed E-state index contributed by atoms with van der Waals surface area (Å²) in [5, 5.41) is 8.82. The molecule has 1 aliphatic rings. The van der Waals surface area contributed by atoms with Crippen LogP contribution in [0.4, 0.5) is 10.5 Å². The first kappa shape index (κ1) is 25.2. The van der Waals surface area contributed by atoms with Crippen molar-refractivity contribution in [2.24, 2.45) is 5.10 Å². The van der Waals surface area contributed by atoms with Crippen molar-refractivity contribution in [2.45, 2.75) is 32.1 Å². The quantitative estimate of drug-likeness (QED) is 0.437. The summed E-state index contributed by atoms with van der Waals surface area (Å²) in [6.45, 7) is 4.77. The molecule has 4 rings (SSSR count). The number of thioether (sulfide) groups is 1. The standard InChI is InChI=1S/C26H27N5O4S/c1-4-22-23(18-9-12-20(34-3)21(15-18)35-5-2)30-31(26(33)36-22)16-17-7-10-19(11-8-17)29-25(32)24-27-13-6-14-28-24/h6-15,22H,4-5,16H2,1-3H3,(H,29,32). The first-order valence-electron chi connectivity index (χ1n) is 11.6. The summed E-state index contributed by atoms with van der Waals surface area (Å²) in [6, 6.07) is 14.6. The molecule has 0 fully saturated rings. The van der Waals surface area contributed by atoms with E-state index in [2.05, 4.69) is 15.3 Å². The third-order valence-electron chi connectivity index (χ3n) is 5.43. The first-order valence-corrected chi connectivity index (χ1v) is 12.5. The summed E-state index contributed by atoms with van der Waals surface area (Å²) in [5.41, 5.74) is 3.18. The average molecular weight is 506 g/mol. The predicted octanol–water partition coefficient (Wildman–Crippen LogP) is 4.99. The highest BCUT2D eigenvalue weighted by molar-refractivity contribution is 8.14. The Bertz CT molecular complexity index is 1250. The van der Waals surface area contributed by atoms with Gasteiger partial charge in [0, 0.05) is 23.6 Å². The van der Waals surface area contributed by atoms with Gasteiger partial charge in [0.1, 0.15) is 0 Å². The van der Waals surface area contributed by atoms with E-state index < -0.39 is 5.91 Å². The molecule has 2 aromatic carbocycles. The van der Waals surface area contributed by atoms with E-state index in [0.717, 1.165) is 23.3 Å². The second kappa shape index (κ2) is 11.7. The van der Waals surface area contributed by atoms with Gasteiger partial charge in [0.05, 0.1) is 31.2 Å². The Kier molecular flexibility index (Phi) is 8.17. The first-order chi connectivity index (χ1) is 17.5. The van der Waals surface area contributed by atoms with E-state index in [0.29, 0.717) is 30.3 Å². The summed E-state index contributed by atoms with van der Waals surface area (Å²) < 4.78 is 11.1. The fourth-order valence-electron chi connectivity index (χ4n) is 3.67. The highest BCUT2D eigenvalue weighted by Crippen LogP contribution is 2.34. The molecule has 10 heteroatoms. The molecule has 36 heavy (non-hydrogen) atoms. The van der Waals surface area contributed by atoms with Crippen molar-refractivity contribution in [3.63, 3.8) is 0 Å². The number of hydrogen-bond acceptors (Lipinski definition) is 8. The zero-order valence-electron chi connectivity index (χ0n) is 20.3. The molecule has 0 saturated heterocycles. The molecule has 3 aromatic rings. The molecule has 2 amide bonds. The Labute approximate surface area is 213 Å². The van der Waals surface area contributed by atoms with Gasteiger partial charge >= 0.3 is 5.24 Å². The van der Waals surface area contributed by atoms with Crippen LogP contribution in [-0.2, 0) is 6.54 Å². The number of hydrazone groups is 1. The van der Waals surface area contributed by atoms with E-state index in [-0.39, 0.29) is 16.3 Å². The van der Waals surface area contributed by atoms with Crippen LogP contribution in [0, 0.1) is 0 Å². The van der Waals surface area contributed by atoms with Crippen LogP contribution >= 0.6 is 11.8 Å². The van der Waals surface area contributed by atoms with Gasteiger partial charge in [0.15, 0.2) is 11.5 Å². The lowest BCUT2D eigenvalue weighted by Crippen LogP contribution is -2.34. The summed E-state index contributed by atoms with van der Waals surface area (Å²) in [5.74, 6) is 0.992. The summed E-state index contributed by atoms with van der Waals surface area (Å²) >= 11 is 1.27. The fraction of sp³-hybridized carbons (Fsp3) is 0.269. The van der Waals surface area contributed by atoms with Crippen LogP contribution in [0.25, 0.3) is 0 Å². The lowest BCUT2D eigenvalue weighted by atomic mass is 10.0. The number of ether oxygens (including phenoxy) is 2. The van der Waals surface area contributed by atoms with Gasteiger partial charge in [-0.3, -0.25) is 9.59 Å². The highest BCUT2D eigenvalue weighted by atomic mass is 32.2. The zero-order chi connectivity index (χ0) is 25.5. The Morgan fingerprint density at radius 1 is 1.08 bits per heavy atom. The van der Waals surface area contributed by atoms with Crippen molar-refractivity contribution in [3.05, 3.63) is 77.9 Å². The Morgan fingerprint density at radius 3 is 2.50 bits per heavy atom. The van der Waals surface area contributed by atoms with Crippen LogP contribution in [0.2, 0.25) is 0 Å². The molecule has 0 bridgehead atoms. The van der Waals surface area contributed by atoms with Crippen molar-refractivity contribution < 1.29 is 19.1 Å². The van der Waals surface area contributed by atoms with Gasteiger partial charge in [0.25, 0.3) is 5.91 Å². The van der Waals surface area contributed by atoms with E-state index in [9.17, 15) is 9.59 Å². The third-order valence-corrected chi connectivity index (χ3v) is 6.68. The van der Waals surface area contributed by atoms with Crippen LogP contribution < -0.4 is 14.8 Å². The van der Waals surface area contributed by atoms with Crippen molar-refractivity contribution >= 4 is 34.3 Å². The number of nitrogens with zero attached hydrogens (tertiary/aromatic N) is 4. The van der Waals surface area contributed by atoms with Gasteiger partial charge in [0.2, 0.25) is 5.82 Å². The molecule has 186 valence electrons. The molecule has 0 aliphatic carbocycles. The monoisotopic (exact) mass is 505 g/mol. The Morgan fingerprint density at radius 2 is 1.83 bits per heavy atom. The topological polar surface area (TPSA) is 106 Å². The number of carbonyl (C=O) groups excluding carboxylic acids is 2. The number of amides is 2. The Balaban J connectivity index is 1.52. The molecule has 1 unspecified atom stereocenters. The number of carbonyl (C=O) groups is 2. The number of anilines is 1. The van der Waals surface area contributed by atoms with Crippen molar-refractivity contribution in [1.29, 1.82) is 0 Å². The lowest BCUT2D eigenvalue weighted by molar-refractivity contribution is 0.101. The van der Waals surface area contributed by atoms with Crippen molar-refractivity contribution in [2.75, 3.05) is 19.0 Å². The number of benzene rings is 2. The van der Waals surface area contributed by atoms with Gasteiger partial charge in [-0.25, -0.2) is 15.0 Å². The molecule has 0 radical (unpaired) electrons. The van der Waals surface area contributed by atoms with Gasteiger partial charge in [-0.05, 0) is 55.3 Å². The number of methoxy groups -OCH3 is 1. The third kappa shape index (κ3) is 5.83. The van der Waals surface area contributed by atoms with E-state index in [4.69, 9.17) is 14.6 Å². The van der Waals surface area contributed by atoms with E-state index in [1.807, 2.05) is 44.2 Å². The molecule has 1 atom stereocenters. The predicted molar refractivity (Wildman–Crippen MR) is 140 cm³/mol. The molecule has 0 spiro atoms. The minimum Gasteiger partial charge on any atom is -0.493 e. The number of nitrogens with one attached hydrogen (secondary N) is 1. The van der Waals surface area contributed by atoms with Crippen LogP contribution in [0.15, 0.2) is 66.0 Å².